The molecule has 3 aromatic rings. The second kappa shape index (κ2) is 9.56. The molecule has 0 aliphatic carbocycles. The van der Waals surface area contributed by atoms with Crippen molar-refractivity contribution in [1.82, 2.24) is 10.3 Å². The molecule has 0 saturated carbocycles. The number of nitrogens with zero attached hydrogens (tertiary/aromatic N) is 1. The number of halogens is 3. The van der Waals surface area contributed by atoms with Gasteiger partial charge in [0.1, 0.15) is 5.01 Å². The first kappa shape index (κ1) is 20.9. The molecule has 0 bridgehead atoms. The summed E-state index contributed by atoms with van der Waals surface area (Å²) in [7, 11) is 0. The number of nitrogens with one attached hydrogen (secondary N) is 2. The quantitative estimate of drug-likeness (QED) is 0.506. The van der Waals surface area contributed by atoms with Crippen LogP contribution in [0.5, 0.6) is 0 Å². The number of hydrogen-bond donors (Lipinski definition) is 2. The summed E-state index contributed by atoms with van der Waals surface area (Å²) in [5.74, 6) is -0.131. The van der Waals surface area contributed by atoms with Gasteiger partial charge in [-0.25, -0.2) is 4.98 Å². The molecule has 0 fully saturated rings. The van der Waals surface area contributed by atoms with Gasteiger partial charge in [0, 0.05) is 29.7 Å². The van der Waals surface area contributed by atoms with Crippen molar-refractivity contribution in [2.75, 3.05) is 18.4 Å². The van der Waals surface area contributed by atoms with Gasteiger partial charge in [0.05, 0.1) is 17.7 Å². The zero-order chi connectivity index (χ0) is 20.7. The fraction of sp³-hybridized carbons (Fsp3) is 0.238. The molecule has 8 heteroatoms. The Morgan fingerprint density at radius 1 is 1.00 bits per heavy atom. The van der Waals surface area contributed by atoms with Gasteiger partial charge in [-0.2, -0.15) is 13.2 Å². The average Bonchev–Trinajstić information content (AvgIpc) is 3.16. The third-order valence-electron chi connectivity index (χ3n) is 4.13. The van der Waals surface area contributed by atoms with Gasteiger partial charge >= 0.3 is 6.18 Å². The third kappa shape index (κ3) is 6.32. The molecule has 2 N–H and O–H groups in total. The molecule has 0 unspecified atom stereocenters. The standard InChI is InChI=1S/C21H20F3N3OS/c22-21(23,24)16-9-7-15(8-10-16)20-27-18(14-29-20)13-19(28)26-12-4-11-25-17-5-2-1-3-6-17/h1-3,5-10,14,25H,4,11-13H2,(H,26,28). The average molecular weight is 419 g/mol. The van der Waals surface area contributed by atoms with E-state index >= 15 is 0 Å². The number of aromatic nitrogens is 1. The molecule has 29 heavy (non-hydrogen) atoms. The zero-order valence-electron chi connectivity index (χ0n) is 15.5. The predicted octanol–water partition coefficient (Wildman–Crippen LogP) is 4.99. The Kier molecular flexibility index (Phi) is 6.87. The summed E-state index contributed by atoms with van der Waals surface area (Å²) in [6.07, 6.45) is -3.43. The molecule has 2 aromatic carbocycles. The number of thiazole rings is 1. The Morgan fingerprint density at radius 2 is 1.72 bits per heavy atom. The highest BCUT2D eigenvalue weighted by atomic mass is 32.1. The molecular weight excluding hydrogens is 399 g/mol. The SMILES string of the molecule is O=C(Cc1csc(-c2ccc(C(F)(F)F)cc2)n1)NCCCNc1ccccc1. The maximum atomic E-state index is 12.6. The van der Waals surface area contributed by atoms with E-state index in [-0.39, 0.29) is 12.3 Å². The first-order valence-corrected chi connectivity index (χ1v) is 9.97. The van der Waals surface area contributed by atoms with Crippen LogP contribution < -0.4 is 10.6 Å². The molecule has 0 saturated heterocycles. The zero-order valence-corrected chi connectivity index (χ0v) is 16.3. The summed E-state index contributed by atoms with van der Waals surface area (Å²) in [5, 5.41) is 8.47. The highest BCUT2D eigenvalue weighted by molar-refractivity contribution is 7.13. The number of anilines is 1. The van der Waals surface area contributed by atoms with Crippen LogP contribution in [0.15, 0.2) is 60.0 Å². The molecule has 0 atom stereocenters. The predicted molar refractivity (Wildman–Crippen MR) is 109 cm³/mol. The molecule has 0 aliphatic rings. The van der Waals surface area contributed by atoms with Gasteiger partial charge < -0.3 is 10.6 Å². The number of carbonyl (C=O) groups is 1. The lowest BCUT2D eigenvalue weighted by atomic mass is 10.1. The fourth-order valence-electron chi connectivity index (χ4n) is 2.65. The van der Waals surface area contributed by atoms with Crippen molar-refractivity contribution in [3.05, 3.63) is 71.2 Å². The van der Waals surface area contributed by atoms with E-state index < -0.39 is 11.7 Å². The van der Waals surface area contributed by atoms with E-state index in [1.165, 1.54) is 23.5 Å². The van der Waals surface area contributed by atoms with Crippen molar-refractivity contribution in [2.24, 2.45) is 0 Å². The lowest BCUT2D eigenvalue weighted by molar-refractivity contribution is -0.137. The Morgan fingerprint density at radius 3 is 2.41 bits per heavy atom. The van der Waals surface area contributed by atoms with Crippen LogP contribution in [0, 0.1) is 0 Å². The summed E-state index contributed by atoms with van der Waals surface area (Å²) in [4.78, 5) is 16.4. The van der Waals surface area contributed by atoms with Crippen LogP contribution >= 0.6 is 11.3 Å². The fourth-order valence-corrected chi connectivity index (χ4v) is 3.48. The Balaban J connectivity index is 1.43. The van der Waals surface area contributed by atoms with Crippen molar-refractivity contribution in [2.45, 2.75) is 19.0 Å². The number of hydrogen-bond acceptors (Lipinski definition) is 4. The molecule has 1 amide bonds. The van der Waals surface area contributed by atoms with Gasteiger partial charge in [-0.15, -0.1) is 11.3 Å². The van der Waals surface area contributed by atoms with Crippen molar-refractivity contribution in [1.29, 1.82) is 0 Å². The number of carbonyl (C=O) groups excluding carboxylic acids is 1. The van der Waals surface area contributed by atoms with Gasteiger partial charge in [-0.05, 0) is 30.7 Å². The summed E-state index contributed by atoms with van der Waals surface area (Å²) in [5.41, 5.74) is 1.54. The van der Waals surface area contributed by atoms with Crippen LogP contribution in [-0.2, 0) is 17.4 Å². The van der Waals surface area contributed by atoms with E-state index in [1.807, 2.05) is 30.3 Å². The second-order valence-corrected chi connectivity index (χ2v) is 7.25. The van der Waals surface area contributed by atoms with E-state index in [0.717, 1.165) is 30.8 Å². The molecule has 0 spiro atoms. The number of amides is 1. The number of benzene rings is 2. The smallest absolute Gasteiger partial charge is 0.385 e. The molecule has 4 nitrogen and oxygen atoms in total. The first-order valence-electron chi connectivity index (χ1n) is 9.09. The third-order valence-corrected chi connectivity index (χ3v) is 5.07. The van der Waals surface area contributed by atoms with E-state index in [4.69, 9.17) is 0 Å². The van der Waals surface area contributed by atoms with Gasteiger partial charge in [0.25, 0.3) is 0 Å². The maximum Gasteiger partial charge on any atom is 0.416 e. The first-order chi connectivity index (χ1) is 13.9. The molecule has 0 aliphatic heterocycles. The van der Waals surface area contributed by atoms with E-state index in [2.05, 4.69) is 15.6 Å². The van der Waals surface area contributed by atoms with Crippen LogP contribution in [-0.4, -0.2) is 24.0 Å². The van der Waals surface area contributed by atoms with Crippen LogP contribution in [0.2, 0.25) is 0 Å². The monoisotopic (exact) mass is 419 g/mol. The molecule has 1 heterocycles. The summed E-state index contributed by atoms with van der Waals surface area (Å²) in [6, 6.07) is 14.7. The van der Waals surface area contributed by atoms with Crippen LogP contribution in [0.1, 0.15) is 17.7 Å². The molecule has 152 valence electrons. The molecule has 1 aromatic heterocycles. The Hall–Kier alpha value is -2.87. The molecular formula is C21H20F3N3OS. The van der Waals surface area contributed by atoms with E-state index in [0.29, 0.717) is 22.8 Å². The normalized spacial score (nSPS) is 11.3. The number of alkyl halides is 3. The van der Waals surface area contributed by atoms with Crippen molar-refractivity contribution < 1.29 is 18.0 Å². The van der Waals surface area contributed by atoms with Crippen LogP contribution in [0.4, 0.5) is 18.9 Å². The van der Waals surface area contributed by atoms with Crippen molar-refractivity contribution >= 4 is 22.9 Å². The molecule has 0 radical (unpaired) electrons. The topological polar surface area (TPSA) is 54.0 Å². The lowest BCUT2D eigenvalue weighted by Gasteiger charge is -2.07. The highest BCUT2D eigenvalue weighted by Gasteiger charge is 2.30. The van der Waals surface area contributed by atoms with E-state index in [1.54, 1.807) is 5.38 Å². The molecule has 3 rings (SSSR count). The minimum atomic E-state index is -4.36. The van der Waals surface area contributed by atoms with Gasteiger partial charge in [0.15, 0.2) is 0 Å². The van der Waals surface area contributed by atoms with Crippen LogP contribution in [0.25, 0.3) is 10.6 Å². The summed E-state index contributed by atoms with van der Waals surface area (Å²) >= 11 is 1.31. The summed E-state index contributed by atoms with van der Waals surface area (Å²) < 4.78 is 37.9. The highest BCUT2D eigenvalue weighted by Crippen LogP contribution is 2.31. The van der Waals surface area contributed by atoms with Crippen molar-refractivity contribution in [3.63, 3.8) is 0 Å². The minimum Gasteiger partial charge on any atom is -0.385 e. The van der Waals surface area contributed by atoms with Gasteiger partial charge in [0.2, 0.25) is 5.91 Å². The van der Waals surface area contributed by atoms with E-state index in [9.17, 15) is 18.0 Å². The Bertz CT molecular complexity index is 924. The maximum absolute atomic E-state index is 12.6. The van der Waals surface area contributed by atoms with Gasteiger partial charge in [-0.3, -0.25) is 4.79 Å². The minimum absolute atomic E-state index is 0.131. The number of para-hydroxylation sites is 1. The second-order valence-electron chi connectivity index (χ2n) is 6.39. The Labute approximate surface area is 170 Å². The van der Waals surface area contributed by atoms with Crippen LogP contribution in [0.3, 0.4) is 0 Å². The van der Waals surface area contributed by atoms with Gasteiger partial charge in [-0.1, -0.05) is 30.3 Å². The van der Waals surface area contributed by atoms with Crippen molar-refractivity contribution in [3.8, 4) is 10.6 Å². The lowest BCUT2D eigenvalue weighted by Crippen LogP contribution is -2.27. The largest absolute Gasteiger partial charge is 0.416 e. The number of rotatable bonds is 8. The summed E-state index contributed by atoms with van der Waals surface area (Å²) in [6.45, 7) is 1.30.